The summed E-state index contributed by atoms with van der Waals surface area (Å²) in [6, 6.07) is 15.2. The average Bonchev–Trinajstić information content (AvgIpc) is 3.59. The van der Waals surface area contributed by atoms with Crippen molar-refractivity contribution in [3.8, 4) is 22.8 Å². The van der Waals surface area contributed by atoms with Gasteiger partial charge in [0.1, 0.15) is 22.5 Å². The highest BCUT2D eigenvalue weighted by Crippen LogP contribution is 2.32. The van der Waals surface area contributed by atoms with E-state index in [0.29, 0.717) is 16.8 Å². The summed E-state index contributed by atoms with van der Waals surface area (Å²) >= 11 is 1.11. The summed E-state index contributed by atoms with van der Waals surface area (Å²) in [7, 11) is -3.02. The van der Waals surface area contributed by atoms with Crippen LogP contribution in [-0.2, 0) is 22.2 Å². The molecule has 0 atom stereocenters. The molecule has 2 aromatic carbocycles. The van der Waals surface area contributed by atoms with Gasteiger partial charge in [-0.2, -0.15) is 8.42 Å². The zero-order valence-corrected chi connectivity index (χ0v) is 24.3. The van der Waals surface area contributed by atoms with Crippen LogP contribution in [0, 0.1) is 0 Å². The lowest BCUT2D eigenvalue weighted by atomic mass is 9.95. The number of carbonyl (C=O) groups excluding carboxylic acids is 1. The lowest BCUT2D eigenvalue weighted by Gasteiger charge is -2.22. The van der Waals surface area contributed by atoms with Gasteiger partial charge in [0.05, 0.1) is 23.2 Å². The van der Waals surface area contributed by atoms with E-state index in [2.05, 4.69) is 9.50 Å². The van der Waals surface area contributed by atoms with Crippen molar-refractivity contribution in [1.29, 1.82) is 0 Å². The fourth-order valence-electron chi connectivity index (χ4n) is 5.48. The maximum absolute atomic E-state index is 14.2. The molecule has 0 aliphatic heterocycles. The number of benzene rings is 2. The molecule has 0 unspecified atom stereocenters. The molecule has 1 saturated carbocycles. The van der Waals surface area contributed by atoms with Crippen molar-refractivity contribution in [2.45, 2.75) is 43.3 Å². The summed E-state index contributed by atoms with van der Waals surface area (Å²) in [5, 5.41) is 4.07. The van der Waals surface area contributed by atoms with E-state index >= 15 is 0 Å². The molecule has 0 saturated heterocycles. The minimum Gasteiger partial charge on any atom is -0.464 e. The molecule has 11 nitrogen and oxygen atoms in total. The highest BCUT2D eigenvalue weighted by Gasteiger charge is 2.22. The molecule has 1 amide bonds. The fourth-order valence-corrected chi connectivity index (χ4v) is 6.65. The monoisotopic (exact) mass is 608 g/mol. The van der Waals surface area contributed by atoms with Crippen molar-refractivity contribution in [2.24, 2.45) is 7.05 Å². The second-order valence-electron chi connectivity index (χ2n) is 10.2. The molecule has 0 bridgehead atoms. The fraction of sp³-hybridized carbons (Fsp3) is 0.276. The Labute approximate surface area is 245 Å². The van der Waals surface area contributed by atoms with Crippen molar-refractivity contribution in [1.82, 2.24) is 19.4 Å². The number of fused-ring (bicyclic) bond motifs is 3. The predicted octanol–water partition coefficient (Wildman–Crippen LogP) is 4.86. The van der Waals surface area contributed by atoms with E-state index in [1.165, 1.54) is 29.2 Å². The number of furan rings is 1. The van der Waals surface area contributed by atoms with E-state index < -0.39 is 16.0 Å². The van der Waals surface area contributed by atoms with Crippen molar-refractivity contribution in [3.63, 3.8) is 0 Å². The standard InChI is InChI=1S/C29H28N4O7S2/c1-32-23-13-12-18(24-11-6-14-39-24)15-22(23)26-27(32)28(35)33(20-9-5-10-21(16-20)40-42(36,37)38)29(31-26)41-17-25(34)30-19-7-3-2-4-8-19/h5-6,9-16,19H,2-4,7-8,17H2,1H3,(H,30,34)(H,36,37,38). The Hall–Kier alpha value is -4.07. The number of carbonyl (C=O) groups is 1. The number of aryl methyl sites for hydroxylation is 1. The van der Waals surface area contributed by atoms with Crippen LogP contribution >= 0.6 is 11.8 Å². The third-order valence-electron chi connectivity index (χ3n) is 7.36. The van der Waals surface area contributed by atoms with E-state index in [1.807, 2.05) is 24.3 Å². The summed E-state index contributed by atoms with van der Waals surface area (Å²) in [5.41, 5.74) is 2.21. The quantitative estimate of drug-likeness (QED) is 0.143. The molecule has 6 rings (SSSR count). The number of nitrogens with zero attached hydrogens (tertiary/aromatic N) is 3. The number of aromatic nitrogens is 3. The van der Waals surface area contributed by atoms with Crippen LogP contribution in [0.3, 0.4) is 0 Å². The van der Waals surface area contributed by atoms with Crippen LogP contribution in [0.25, 0.3) is 38.9 Å². The highest BCUT2D eigenvalue weighted by atomic mass is 32.3. The molecule has 42 heavy (non-hydrogen) atoms. The van der Waals surface area contributed by atoms with E-state index in [-0.39, 0.29) is 34.3 Å². The molecule has 13 heteroatoms. The molecule has 2 N–H and O–H groups in total. The average molecular weight is 609 g/mol. The Kier molecular flexibility index (Phi) is 7.56. The lowest BCUT2D eigenvalue weighted by Crippen LogP contribution is -2.37. The van der Waals surface area contributed by atoms with E-state index in [4.69, 9.17) is 9.40 Å². The lowest BCUT2D eigenvalue weighted by molar-refractivity contribution is -0.119. The molecule has 1 fully saturated rings. The molecule has 3 heterocycles. The SMILES string of the molecule is Cn1c2ccc(-c3ccco3)cc2c2nc(SCC(=O)NC3CCCCC3)n(-c3cccc(OS(=O)(=O)O)c3)c(=O)c21. The van der Waals surface area contributed by atoms with Crippen molar-refractivity contribution >= 4 is 50.0 Å². The van der Waals surface area contributed by atoms with Crippen molar-refractivity contribution < 1.29 is 26.4 Å². The van der Waals surface area contributed by atoms with Crippen molar-refractivity contribution in [2.75, 3.05) is 5.75 Å². The smallest absolute Gasteiger partial charge is 0.446 e. The number of rotatable bonds is 8. The predicted molar refractivity (Wildman–Crippen MR) is 159 cm³/mol. The maximum Gasteiger partial charge on any atom is 0.446 e. The van der Waals surface area contributed by atoms with Crippen molar-refractivity contribution in [3.05, 3.63) is 71.2 Å². The van der Waals surface area contributed by atoms with Crippen LogP contribution in [0.15, 0.2) is 75.2 Å². The van der Waals surface area contributed by atoms with Crippen LogP contribution in [0.1, 0.15) is 32.1 Å². The van der Waals surface area contributed by atoms with Gasteiger partial charge >= 0.3 is 10.4 Å². The van der Waals surface area contributed by atoms with E-state index in [1.54, 1.807) is 30.0 Å². The molecule has 0 radical (unpaired) electrons. The van der Waals surface area contributed by atoms with Gasteiger partial charge in [0, 0.05) is 30.1 Å². The number of hydrogen-bond acceptors (Lipinski definition) is 8. The van der Waals surface area contributed by atoms with Gasteiger partial charge in [-0.3, -0.25) is 18.7 Å². The summed E-state index contributed by atoms with van der Waals surface area (Å²) in [6.07, 6.45) is 6.81. The molecule has 1 aliphatic carbocycles. The third kappa shape index (κ3) is 5.67. The first-order valence-electron chi connectivity index (χ1n) is 13.5. The van der Waals surface area contributed by atoms with Gasteiger partial charge in [0.25, 0.3) is 5.56 Å². The molecule has 218 valence electrons. The first kappa shape index (κ1) is 28.1. The van der Waals surface area contributed by atoms with Gasteiger partial charge in [-0.1, -0.05) is 37.1 Å². The molecule has 5 aromatic rings. The first-order valence-corrected chi connectivity index (χ1v) is 15.8. The minimum atomic E-state index is -4.79. The Bertz CT molecular complexity index is 1960. The molecular formula is C29H28N4O7S2. The van der Waals surface area contributed by atoms with Crippen LogP contribution in [0.2, 0.25) is 0 Å². The highest BCUT2D eigenvalue weighted by molar-refractivity contribution is 7.99. The van der Waals surface area contributed by atoms with E-state index in [0.717, 1.165) is 53.9 Å². The maximum atomic E-state index is 14.2. The van der Waals surface area contributed by atoms with Gasteiger partial charge in [-0.05, 0) is 55.3 Å². The normalized spacial score (nSPS) is 14.4. The Balaban J connectivity index is 1.48. The van der Waals surface area contributed by atoms with Crippen LogP contribution in [0.4, 0.5) is 0 Å². The zero-order valence-electron chi connectivity index (χ0n) is 22.6. The van der Waals surface area contributed by atoms with Crippen LogP contribution < -0.4 is 15.1 Å². The number of amides is 1. The van der Waals surface area contributed by atoms with Crippen LogP contribution in [-0.4, -0.2) is 44.8 Å². The van der Waals surface area contributed by atoms with Gasteiger partial charge in [-0.25, -0.2) is 4.98 Å². The zero-order chi connectivity index (χ0) is 29.4. The number of thioether (sulfide) groups is 1. The molecule has 3 aromatic heterocycles. The molecule has 0 spiro atoms. The Morgan fingerprint density at radius 1 is 1.14 bits per heavy atom. The van der Waals surface area contributed by atoms with Gasteiger partial charge in [0.2, 0.25) is 5.91 Å². The second-order valence-corrected chi connectivity index (χ2v) is 12.2. The summed E-state index contributed by atoms with van der Waals surface area (Å²) in [6.45, 7) is 0. The minimum absolute atomic E-state index is 0.0259. The Morgan fingerprint density at radius 3 is 2.69 bits per heavy atom. The molecule has 1 aliphatic rings. The number of nitrogens with one attached hydrogen (secondary N) is 1. The molecular weight excluding hydrogens is 580 g/mol. The van der Waals surface area contributed by atoms with Gasteiger partial charge in [0.15, 0.2) is 5.16 Å². The largest absolute Gasteiger partial charge is 0.464 e. The summed E-state index contributed by atoms with van der Waals surface area (Å²) in [5.74, 6) is 0.354. The topological polar surface area (TPSA) is 146 Å². The second kappa shape index (κ2) is 11.3. The Morgan fingerprint density at radius 2 is 1.95 bits per heavy atom. The van der Waals surface area contributed by atoms with Crippen LogP contribution in [0.5, 0.6) is 5.75 Å². The van der Waals surface area contributed by atoms with E-state index in [9.17, 15) is 22.6 Å². The first-order chi connectivity index (χ1) is 20.2. The van der Waals surface area contributed by atoms with Gasteiger partial charge in [-0.15, -0.1) is 0 Å². The summed E-state index contributed by atoms with van der Waals surface area (Å²) < 4.78 is 45.2. The van der Waals surface area contributed by atoms with Gasteiger partial charge < -0.3 is 18.5 Å². The summed E-state index contributed by atoms with van der Waals surface area (Å²) in [4.78, 5) is 32.0. The third-order valence-corrected chi connectivity index (χ3v) is 8.70. The number of hydrogen-bond donors (Lipinski definition) is 2.